The summed E-state index contributed by atoms with van der Waals surface area (Å²) in [4.78, 5) is 4.80. The van der Waals surface area contributed by atoms with E-state index in [1.165, 1.54) is 54.5 Å². The molecule has 0 spiro atoms. The van der Waals surface area contributed by atoms with Crippen LogP contribution < -0.4 is 15.0 Å². The third kappa shape index (κ3) is 6.05. The minimum Gasteiger partial charge on any atom is -0.454 e. The lowest BCUT2D eigenvalue weighted by atomic mass is 9.79. The molecule has 10 aromatic carbocycles. The summed E-state index contributed by atoms with van der Waals surface area (Å²) < 4.78 is 13.5. The van der Waals surface area contributed by atoms with Gasteiger partial charge < -0.3 is 18.6 Å². The molecule has 0 aliphatic heterocycles. The van der Waals surface area contributed by atoms with Crippen molar-refractivity contribution in [3.05, 3.63) is 211 Å². The summed E-state index contributed by atoms with van der Waals surface area (Å²) in [5.74, 6) is 0. The zero-order valence-corrected chi connectivity index (χ0v) is 40.2. The predicted molar refractivity (Wildman–Crippen MR) is 291 cm³/mol. The van der Waals surface area contributed by atoms with E-state index >= 15 is 0 Å². The van der Waals surface area contributed by atoms with Crippen molar-refractivity contribution in [3.8, 4) is 11.1 Å². The number of para-hydroxylation sites is 4. The molecule has 2 aromatic heterocycles. The number of aryl methyl sites for hydroxylation is 1. The molecule has 12 aromatic rings. The van der Waals surface area contributed by atoms with Crippen molar-refractivity contribution in [3.63, 3.8) is 0 Å². The van der Waals surface area contributed by atoms with Crippen LogP contribution in [0.25, 0.3) is 76.5 Å². The van der Waals surface area contributed by atoms with E-state index in [-0.39, 0.29) is 5.41 Å². The van der Waals surface area contributed by atoms with Crippen LogP contribution in [0.3, 0.4) is 0 Å². The SMILES string of the molecule is Cc1ccc(N(c2cc3c(c4ccccc24)-c2ccc4cc(N(c5ccc([Si](C)(C)C)cc5)c5cccc6c5oc5ccccc56)ccc4c2C3(C)C)c2cccc3c2oc2ccccc23)cc1. The van der Waals surface area contributed by atoms with Gasteiger partial charge in [0.15, 0.2) is 11.2 Å². The Balaban J connectivity index is 1.00. The van der Waals surface area contributed by atoms with Crippen LogP contribution in [0.2, 0.25) is 19.6 Å². The van der Waals surface area contributed by atoms with E-state index < -0.39 is 8.07 Å². The molecule has 1 aliphatic rings. The Morgan fingerprint density at radius 1 is 0.426 bits per heavy atom. The van der Waals surface area contributed by atoms with Crippen LogP contribution in [0.15, 0.2) is 203 Å². The Kier molecular flexibility index (Phi) is 8.81. The molecule has 328 valence electrons. The van der Waals surface area contributed by atoms with Crippen molar-refractivity contribution < 1.29 is 8.83 Å². The van der Waals surface area contributed by atoms with Gasteiger partial charge in [-0.1, -0.05) is 172 Å². The first-order valence-electron chi connectivity index (χ1n) is 23.7. The van der Waals surface area contributed by atoms with Crippen molar-refractivity contribution in [2.24, 2.45) is 0 Å². The van der Waals surface area contributed by atoms with Gasteiger partial charge in [-0.05, 0) is 112 Å². The molecular formula is C63H50N2O2Si. The monoisotopic (exact) mass is 894 g/mol. The topological polar surface area (TPSA) is 32.8 Å². The van der Waals surface area contributed by atoms with Crippen LogP contribution in [0.4, 0.5) is 34.1 Å². The quantitative estimate of drug-likeness (QED) is 0.149. The molecule has 0 saturated carbocycles. The summed E-state index contributed by atoms with van der Waals surface area (Å²) in [6.07, 6.45) is 0. The number of furan rings is 2. The molecule has 0 radical (unpaired) electrons. The molecule has 0 amide bonds. The first-order valence-corrected chi connectivity index (χ1v) is 27.2. The maximum absolute atomic E-state index is 6.76. The molecule has 4 nitrogen and oxygen atoms in total. The Hall–Kier alpha value is -7.86. The van der Waals surface area contributed by atoms with E-state index in [2.05, 4.69) is 232 Å². The smallest absolute Gasteiger partial charge is 0.159 e. The zero-order valence-electron chi connectivity index (χ0n) is 39.2. The Morgan fingerprint density at radius 2 is 0.956 bits per heavy atom. The molecule has 13 rings (SSSR count). The van der Waals surface area contributed by atoms with Crippen LogP contribution in [0, 0.1) is 6.92 Å². The third-order valence-corrected chi connectivity index (χ3v) is 16.7. The molecule has 1 aliphatic carbocycles. The summed E-state index contributed by atoms with van der Waals surface area (Å²) >= 11 is 0. The Bertz CT molecular complexity index is 4000. The average Bonchev–Trinajstić information content (AvgIpc) is 4.00. The second kappa shape index (κ2) is 14.8. The van der Waals surface area contributed by atoms with Gasteiger partial charge in [-0.2, -0.15) is 0 Å². The standard InChI is InChI=1S/C63H50N2O2Si/c1-39-25-28-42(29-26-39)65(55-22-14-20-51-48-17-10-12-24-58(48)67-62(51)55)56-38-53-59(49-18-8-7-15-46(49)56)52-35-27-40-37-43(32-36-45(40)60(52)63(53,2)3)64(41-30-33-44(34-31-41)68(4,5)6)54-21-13-19-50-47-16-9-11-23-57(47)66-61(50)54/h7-38H,1-6H3. The van der Waals surface area contributed by atoms with Gasteiger partial charge in [0, 0.05) is 49.4 Å². The summed E-state index contributed by atoms with van der Waals surface area (Å²) in [5.41, 5.74) is 16.1. The molecule has 0 atom stereocenters. The van der Waals surface area contributed by atoms with Crippen molar-refractivity contribution in [1.29, 1.82) is 0 Å². The van der Waals surface area contributed by atoms with Gasteiger partial charge in [-0.3, -0.25) is 0 Å². The predicted octanol–water partition coefficient (Wildman–Crippen LogP) is 17.9. The second-order valence-corrected chi connectivity index (χ2v) is 25.3. The van der Waals surface area contributed by atoms with Gasteiger partial charge in [0.05, 0.1) is 25.1 Å². The van der Waals surface area contributed by atoms with Crippen LogP contribution in [-0.2, 0) is 5.41 Å². The van der Waals surface area contributed by atoms with Crippen molar-refractivity contribution in [1.82, 2.24) is 0 Å². The summed E-state index contributed by atoms with van der Waals surface area (Å²) in [6, 6.07) is 71.1. The van der Waals surface area contributed by atoms with Gasteiger partial charge >= 0.3 is 0 Å². The van der Waals surface area contributed by atoms with E-state index in [0.717, 1.165) is 78.0 Å². The van der Waals surface area contributed by atoms with Gasteiger partial charge in [0.2, 0.25) is 0 Å². The largest absolute Gasteiger partial charge is 0.454 e. The normalized spacial score (nSPS) is 13.3. The Morgan fingerprint density at radius 3 is 1.59 bits per heavy atom. The fourth-order valence-electron chi connectivity index (χ4n) is 11.3. The number of nitrogens with zero attached hydrogens (tertiary/aromatic N) is 2. The van der Waals surface area contributed by atoms with Crippen molar-refractivity contribution in [2.75, 3.05) is 9.80 Å². The van der Waals surface area contributed by atoms with Crippen molar-refractivity contribution in [2.45, 2.75) is 45.8 Å². The highest BCUT2D eigenvalue weighted by Gasteiger charge is 2.39. The average molecular weight is 895 g/mol. The highest BCUT2D eigenvalue weighted by molar-refractivity contribution is 6.88. The lowest BCUT2D eigenvalue weighted by molar-refractivity contribution is 0.666. The number of fused-ring (bicyclic) bond motifs is 13. The first-order chi connectivity index (χ1) is 33.0. The van der Waals surface area contributed by atoms with Crippen LogP contribution >= 0.6 is 0 Å². The number of anilines is 6. The molecular weight excluding hydrogens is 845 g/mol. The Labute approximate surface area is 397 Å². The van der Waals surface area contributed by atoms with Gasteiger partial charge in [-0.25, -0.2) is 0 Å². The molecule has 68 heavy (non-hydrogen) atoms. The van der Waals surface area contributed by atoms with E-state index in [1.54, 1.807) is 0 Å². The van der Waals surface area contributed by atoms with Crippen LogP contribution in [0.5, 0.6) is 0 Å². The first kappa shape index (κ1) is 40.4. The van der Waals surface area contributed by atoms with Gasteiger partial charge in [-0.15, -0.1) is 0 Å². The lowest BCUT2D eigenvalue weighted by Gasteiger charge is -2.30. The molecule has 0 fully saturated rings. The summed E-state index contributed by atoms with van der Waals surface area (Å²) in [6.45, 7) is 14.2. The zero-order chi connectivity index (χ0) is 46.1. The third-order valence-electron chi connectivity index (χ3n) is 14.6. The van der Waals surface area contributed by atoms with Crippen LogP contribution in [0.1, 0.15) is 30.5 Å². The summed E-state index contributed by atoms with van der Waals surface area (Å²) in [7, 11) is -1.53. The minimum atomic E-state index is -1.53. The maximum atomic E-state index is 6.76. The number of hydrogen-bond acceptors (Lipinski definition) is 4. The number of rotatable bonds is 7. The number of benzene rings is 10. The fourth-order valence-corrected chi connectivity index (χ4v) is 12.4. The highest BCUT2D eigenvalue weighted by atomic mass is 28.3. The molecule has 5 heteroatoms. The van der Waals surface area contributed by atoms with E-state index in [0.29, 0.717) is 0 Å². The molecule has 0 unspecified atom stereocenters. The lowest BCUT2D eigenvalue weighted by Crippen LogP contribution is -2.37. The second-order valence-electron chi connectivity index (χ2n) is 20.2. The molecule has 0 bridgehead atoms. The van der Waals surface area contributed by atoms with E-state index in [9.17, 15) is 0 Å². The highest BCUT2D eigenvalue weighted by Crippen LogP contribution is 2.57. The fraction of sp³-hybridized carbons (Fsp3) is 0.111. The van der Waals surface area contributed by atoms with E-state index in [1.807, 2.05) is 12.1 Å². The van der Waals surface area contributed by atoms with Gasteiger partial charge in [0.25, 0.3) is 0 Å². The maximum Gasteiger partial charge on any atom is 0.159 e. The molecule has 0 N–H and O–H groups in total. The summed E-state index contributed by atoms with van der Waals surface area (Å²) in [5, 5.41) is 10.8. The van der Waals surface area contributed by atoms with E-state index in [4.69, 9.17) is 8.83 Å². The number of hydrogen-bond donors (Lipinski definition) is 0. The van der Waals surface area contributed by atoms with Crippen molar-refractivity contribution >= 4 is 113 Å². The minimum absolute atomic E-state index is 0.332. The van der Waals surface area contributed by atoms with Crippen LogP contribution in [-0.4, -0.2) is 8.07 Å². The van der Waals surface area contributed by atoms with Gasteiger partial charge in [0.1, 0.15) is 11.2 Å². The molecule has 0 saturated heterocycles. The molecule has 2 heterocycles.